The van der Waals surface area contributed by atoms with E-state index in [0.717, 1.165) is 30.9 Å². The summed E-state index contributed by atoms with van der Waals surface area (Å²) in [6.07, 6.45) is 2.78. The van der Waals surface area contributed by atoms with Crippen LogP contribution in [-0.2, 0) is 10.3 Å². The van der Waals surface area contributed by atoms with Crippen LogP contribution >= 0.6 is 11.6 Å². The highest BCUT2D eigenvalue weighted by Gasteiger charge is 2.30. The van der Waals surface area contributed by atoms with Gasteiger partial charge in [-0.3, -0.25) is 4.79 Å². The second-order valence-electron chi connectivity index (χ2n) is 10.4. The number of carbonyl (C=O) groups excluding carboxylic acids is 2. The maximum absolute atomic E-state index is 15.0. The molecule has 9 heteroatoms. The first-order valence-electron chi connectivity index (χ1n) is 11.9. The Morgan fingerprint density at radius 2 is 1.69 bits per heavy atom. The number of rotatable bonds is 6. The predicted octanol–water partition coefficient (Wildman–Crippen LogP) is 5.79. The number of nitrogens with one attached hydrogen (secondary N) is 3. The van der Waals surface area contributed by atoms with Gasteiger partial charge in [0.2, 0.25) is 0 Å². The summed E-state index contributed by atoms with van der Waals surface area (Å²) in [5.74, 6) is -1.28. The smallest absolute Gasteiger partial charge is 0.407 e. The van der Waals surface area contributed by atoms with Crippen LogP contribution in [0.4, 0.5) is 15.0 Å². The standard InChI is InChI=1S/C26H34ClFN4O3/c1-25(2,3)35-24(34)30-20-14-10-9-13-19(20)29-22-18(28)15-17(21(27)31-22)23(33)32-26(4,5)16-11-7-6-8-12-16/h6-8,11-12,15,19-20H,9-10,13-14H2,1-5H3,(H,29,31)(H,30,34)(H,32,33)/t19?,20-/m0/s1. The Hall–Kier alpha value is -2.87. The van der Waals surface area contributed by atoms with Crippen LogP contribution in [0, 0.1) is 5.82 Å². The third-order valence-corrected chi connectivity index (χ3v) is 6.17. The van der Waals surface area contributed by atoms with Gasteiger partial charge in [0, 0.05) is 6.04 Å². The summed E-state index contributed by atoms with van der Waals surface area (Å²) < 4.78 is 20.4. The Bertz CT molecular complexity index is 1060. The van der Waals surface area contributed by atoms with Crippen LogP contribution in [-0.4, -0.2) is 34.7 Å². The zero-order chi connectivity index (χ0) is 25.8. The summed E-state index contributed by atoms with van der Waals surface area (Å²) in [6, 6.07) is 10.0. The summed E-state index contributed by atoms with van der Waals surface area (Å²) in [4.78, 5) is 29.3. The summed E-state index contributed by atoms with van der Waals surface area (Å²) in [7, 11) is 0. The van der Waals surface area contributed by atoms with Crippen molar-refractivity contribution in [3.8, 4) is 0 Å². The quantitative estimate of drug-likeness (QED) is 0.433. The van der Waals surface area contributed by atoms with E-state index in [1.165, 1.54) is 0 Å². The van der Waals surface area contributed by atoms with Crippen LogP contribution < -0.4 is 16.0 Å². The van der Waals surface area contributed by atoms with Gasteiger partial charge in [-0.05, 0) is 59.1 Å². The predicted molar refractivity (Wildman–Crippen MR) is 135 cm³/mol. The fourth-order valence-corrected chi connectivity index (χ4v) is 4.34. The van der Waals surface area contributed by atoms with E-state index in [4.69, 9.17) is 16.3 Å². The minimum absolute atomic E-state index is 0.0502. The highest BCUT2D eigenvalue weighted by molar-refractivity contribution is 6.32. The lowest BCUT2D eigenvalue weighted by Gasteiger charge is -2.33. The summed E-state index contributed by atoms with van der Waals surface area (Å²) in [6.45, 7) is 9.10. The van der Waals surface area contributed by atoms with Crippen molar-refractivity contribution in [1.82, 2.24) is 15.6 Å². The lowest BCUT2D eigenvalue weighted by Crippen LogP contribution is -2.50. The number of aromatic nitrogens is 1. The zero-order valence-electron chi connectivity index (χ0n) is 20.9. The van der Waals surface area contributed by atoms with Gasteiger partial charge in [-0.15, -0.1) is 0 Å². The molecule has 1 aliphatic rings. The SMILES string of the molecule is CC(C)(C)OC(=O)N[C@H]1CCCCC1Nc1nc(Cl)c(C(=O)NC(C)(C)c2ccccc2)cc1F. The highest BCUT2D eigenvalue weighted by Crippen LogP contribution is 2.27. The van der Waals surface area contributed by atoms with Crippen molar-refractivity contribution < 1.29 is 18.7 Å². The number of ether oxygens (including phenoxy) is 1. The number of benzene rings is 1. The Kier molecular flexibility index (Phi) is 8.26. The van der Waals surface area contributed by atoms with Gasteiger partial charge in [-0.25, -0.2) is 14.2 Å². The van der Waals surface area contributed by atoms with Crippen molar-refractivity contribution in [3.63, 3.8) is 0 Å². The molecule has 0 bridgehead atoms. The van der Waals surface area contributed by atoms with Crippen LogP contribution in [0.5, 0.6) is 0 Å². The number of carbonyl (C=O) groups is 2. The second-order valence-corrected chi connectivity index (χ2v) is 10.7. The van der Waals surface area contributed by atoms with Gasteiger partial charge < -0.3 is 20.7 Å². The van der Waals surface area contributed by atoms with Crippen LogP contribution in [0.15, 0.2) is 36.4 Å². The van der Waals surface area contributed by atoms with Crippen molar-refractivity contribution >= 4 is 29.4 Å². The minimum atomic E-state index is -0.697. The third kappa shape index (κ3) is 7.31. The van der Waals surface area contributed by atoms with E-state index >= 15 is 4.39 Å². The maximum Gasteiger partial charge on any atom is 0.407 e. The molecular weight excluding hydrogens is 471 g/mol. The first kappa shape index (κ1) is 26.7. The van der Waals surface area contributed by atoms with Gasteiger partial charge in [-0.1, -0.05) is 54.8 Å². The molecule has 1 aromatic heterocycles. The van der Waals surface area contributed by atoms with Crippen molar-refractivity contribution in [1.29, 1.82) is 0 Å². The molecule has 1 aliphatic carbocycles. The van der Waals surface area contributed by atoms with Crippen LogP contribution in [0.3, 0.4) is 0 Å². The molecule has 1 unspecified atom stereocenters. The molecule has 1 saturated carbocycles. The molecule has 1 aromatic carbocycles. The molecule has 1 fully saturated rings. The molecule has 1 heterocycles. The first-order chi connectivity index (χ1) is 16.4. The molecule has 3 rings (SSSR count). The van der Waals surface area contributed by atoms with Crippen molar-refractivity contribution in [2.24, 2.45) is 0 Å². The largest absolute Gasteiger partial charge is 0.444 e. The molecule has 0 saturated heterocycles. The molecule has 2 amide bonds. The van der Waals surface area contributed by atoms with Gasteiger partial charge in [0.1, 0.15) is 10.8 Å². The topological polar surface area (TPSA) is 92.3 Å². The number of alkyl carbamates (subject to hydrolysis) is 1. The monoisotopic (exact) mass is 504 g/mol. The lowest BCUT2D eigenvalue weighted by atomic mass is 9.90. The van der Waals surface area contributed by atoms with E-state index in [0.29, 0.717) is 6.42 Å². The zero-order valence-corrected chi connectivity index (χ0v) is 21.6. The molecule has 0 aliphatic heterocycles. The molecule has 7 nitrogen and oxygen atoms in total. The fraction of sp³-hybridized carbons (Fsp3) is 0.500. The first-order valence-corrected chi connectivity index (χ1v) is 12.2. The average molecular weight is 505 g/mol. The van der Waals surface area contributed by atoms with Crippen molar-refractivity contribution in [2.75, 3.05) is 5.32 Å². The summed E-state index contributed by atoms with van der Waals surface area (Å²) >= 11 is 6.31. The number of hydrogen-bond acceptors (Lipinski definition) is 5. The van der Waals surface area contributed by atoms with Crippen LogP contribution in [0.25, 0.3) is 0 Å². The Labute approximate surface area is 211 Å². The number of pyridine rings is 1. The second kappa shape index (κ2) is 10.8. The molecule has 2 atom stereocenters. The van der Waals surface area contributed by atoms with E-state index in [9.17, 15) is 9.59 Å². The number of nitrogens with zero attached hydrogens (tertiary/aromatic N) is 1. The Morgan fingerprint density at radius 1 is 1.06 bits per heavy atom. The van der Waals surface area contributed by atoms with Crippen LogP contribution in [0.1, 0.15) is 76.2 Å². The summed E-state index contributed by atoms with van der Waals surface area (Å²) in [5, 5.41) is 8.74. The normalized spacial score (nSPS) is 18.5. The molecule has 3 N–H and O–H groups in total. The molecule has 0 spiro atoms. The van der Waals surface area contributed by atoms with Crippen molar-refractivity contribution in [2.45, 2.75) is 83.5 Å². The van der Waals surface area contributed by atoms with E-state index < -0.39 is 29.0 Å². The molecule has 0 radical (unpaired) electrons. The number of halogens is 2. The molecule has 190 valence electrons. The maximum atomic E-state index is 15.0. The molecular formula is C26H34ClFN4O3. The number of hydrogen-bond donors (Lipinski definition) is 3. The van der Waals surface area contributed by atoms with E-state index in [2.05, 4.69) is 20.9 Å². The lowest BCUT2D eigenvalue weighted by molar-refractivity contribution is 0.0488. The average Bonchev–Trinajstić information content (AvgIpc) is 2.76. The Morgan fingerprint density at radius 3 is 2.31 bits per heavy atom. The number of amides is 2. The van der Waals surface area contributed by atoms with Crippen LogP contribution in [0.2, 0.25) is 5.15 Å². The Balaban J connectivity index is 1.73. The van der Waals surface area contributed by atoms with Gasteiger partial charge in [0.25, 0.3) is 5.91 Å². The fourth-order valence-electron chi connectivity index (χ4n) is 4.12. The van der Waals surface area contributed by atoms with Crippen molar-refractivity contribution in [3.05, 3.63) is 58.5 Å². The third-order valence-electron chi connectivity index (χ3n) is 5.89. The van der Waals surface area contributed by atoms with Gasteiger partial charge in [0.05, 0.1) is 17.1 Å². The highest BCUT2D eigenvalue weighted by atomic mass is 35.5. The van der Waals surface area contributed by atoms with E-state index in [1.807, 2.05) is 44.2 Å². The summed E-state index contributed by atoms with van der Waals surface area (Å²) in [5.41, 5.74) is -0.464. The molecule has 35 heavy (non-hydrogen) atoms. The van der Waals surface area contributed by atoms with Gasteiger partial charge >= 0.3 is 6.09 Å². The van der Waals surface area contributed by atoms with E-state index in [-0.39, 0.29) is 28.6 Å². The molecule has 2 aromatic rings. The van der Waals surface area contributed by atoms with Gasteiger partial charge in [-0.2, -0.15) is 0 Å². The number of anilines is 1. The van der Waals surface area contributed by atoms with E-state index in [1.54, 1.807) is 20.8 Å². The van der Waals surface area contributed by atoms with Gasteiger partial charge in [0.15, 0.2) is 11.6 Å². The minimum Gasteiger partial charge on any atom is -0.444 e.